The summed E-state index contributed by atoms with van der Waals surface area (Å²) >= 11 is 1.41. The Balaban J connectivity index is 1.89. The second-order valence-corrected chi connectivity index (χ2v) is 7.79. The number of hydroxylamine groups is 2. The zero-order valence-corrected chi connectivity index (χ0v) is 15.3. The highest BCUT2D eigenvalue weighted by atomic mass is 32.1. The fourth-order valence-corrected chi connectivity index (χ4v) is 3.59. The molecule has 0 saturated carbocycles. The van der Waals surface area contributed by atoms with Crippen molar-refractivity contribution in [1.29, 1.82) is 0 Å². The highest BCUT2D eigenvalue weighted by Gasteiger charge is 2.27. The molecular formula is C16H24N2O5S. The Morgan fingerprint density at radius 1 is 1.29 bits per heavy atom. The van der Waals surface area contributed by atoms with Gasteiger partial charge in [0.05, 0.1) is 12.7 Å². The number of nitrogen functional groups attached to an aromatic ring is 1. The maximum atomic E-state index is 11.7. The molecule has 7 nitrogen and oxygen atoms in total. The minimum absolute atomic E-state index is 0.286. The Morgan fingerprint density at radius 3 is 2.46 bits per heavy atom. The fourth-order valence-electron chi connectivity index (χ4n) is 2.50. The van der Waals surface area contributed by atoms with Crippen molar-refractivity contribution in [2.24, 2.45) is 0 Å². The van der Waals surface area contributed by atoms with E-state index in [9.17, 15) is 9.59 Å². The first-order valence-corrected chi connectivity index (χ1v) is 8.64. The van der Waals surface area contributed by atoms with Gasteiger partial charge in [-0.05, 0) is 45.6 Å². The number of nitrogens with two attached hydrogens (primary N) is 1. The van der Waals surface area contributed by atoms with Crippen molar-refractivity contribution in [2.45, 2.75) is 45.1 Å². The molecule has 1 aliphatic rings. The molecule has 24 heavy (non-hydrogen) atoms. The quantitative estimate of drug-likeness (QED) is 0.832. The molecule has 1 aliphatic heterocycles. The van der Waals surface area contributed by atoms with Crippen molar-refractivity contribution >= 4 is 28.5 Å². The normalized spacial score (nSPS) is 16.7. The number of hydrogen-bond donors (Lipinski definition) is 1. The van der Waals surface area contributed by atoms with Crippen LogP contribution in [0.3, 0.4) is 0 Å². The molecule has 2 rings (SSSR count). The molecule has 134 valence electrons. The zero-order chi connectivity index (χ0) is 17.9. The minimum Gasteiger partial charge on any atom is -0.465 e. The molecule has 1 fully saturated rings. The first-order valence-electron chi connectivity index (χ1n) is 7.83. The maximum Gasteiger partial charge on any atom is 0.528 e. The minimum atomic E-state index is -0.686. The molecule has 0 atom stereocenters. The summed E-state index contributed by atoms with van der Waals surface area (Å²) in [6, 6.07) is 1.81. The van der Waals surface area contributed by atoms with Gasteiger partial charge >= 0.3 is 12.1 Å². The lowest BCUT2D eigenvalue weighted by Gasteiger charge is -2.30. The lowest BCUT2D eigenvalue weighted by molar-refractivity contribution is -0.152. The Bertz CT molecular complexity index is 600. The topological polar surface area (TPSA) is 91.1 Å². The van der Waals surface area contributed by atoms with Gasteiger partial charge in [0.1, 0.15) is 10.6 Å². The van der Waals surface area contributed by atoms with Gasteiger partial charge in [-0.3, -0.25) is 0 Å². The predicted octanol–water partition coefficient (Wildman–Crippen LogP) is 3.16. The van der Waals surface area contributed by atoms with E-state index in [0.29, 0.717) is 23.7 Å². The first kappa shape index (κ1) is 18.5. The van der Waals surface area contributed by atoms with Crippen LogP contribution in [0.15, 0.2) is 6.07 Å². The third kappa shape index (κ3) is 4.85. The molecule has 0 spiro atoms. The van der Waals surface area contributed by atoms with Crippen molar-refractivity contribution in [3.05, 3.63) is 16.5 Å². The van der Waals surface area contributed by atoms with Gasteiger partial charge in [0.15, 0.2) is 0 Å². The molecule has 0 radical (unpaired) electrons. The van der Waals surface area contributed by atoms with Crippen LogP contribution < -0.4 is 5.73 Å². The van der Waals surface area contributed by atoms with E-state index in [1.165, 1.54) is 18.4 Å². The van der Waals surface area contributed by atoms with Crippen molar-refractivity contribution in [3.8, 4) is 0 Å². The van der Waals surface area contributed by atoms with E-state index in [1.807, 2.05) is 0 Å². The van der Waals surface area contributed by atoms with E-state index in [1.54, 1.807) is 31.9 Å². The highest BCUT2D eigenvalue weighted by Crippen LogP contribution is 2.36. The number of ether oxygens (including phenoxy) is 2. The van der Waals surface area contributed by atoms with Crippen LogP contribution in [0, 0.1) is 0 Å². The summed E-state index contributed by atoms with van der Waals surface area (Å²) in [7, 11) is 1.34. The van der Waals surface area contributed by atoms with Crippen LogP contribution in [0.2, 0.25) is 0 Å². The number of nitrogens with zero attached hydrogens (tertiary/aromatic N) is 1. The highest BCUT2D eigenvalue weighted by molar-refractivity contribution is 7.16. The first-order chi connectivity index (χ1) is 11.2. The molecule has 0 amide bonds. The summed E-state index contributed by atoms with van der Waals surface area (Å²) in [6.07, 6.45) is 0.932. The Hall–Kier alpha value is -1.80. The number of methoxy groups -OCH3 is 1. The molecule has 2 heterocycles. The number of thiophene rings is 1. The van der Waals surface area contributed by atoms with E-state index < -0.39 is 17.7 Å². The lowest BCUT2D eigenvalue weighted by Crippen LogP contribution is -2.37. The maximum absolute atomic E-state index is 11.7. The molecule has 2 N–H and O–H groups in total. The number of rotatable bonds is 3. The summed E-state index contributed by atoms with van der Waals surface area (Å²) in [5, 5.41) is 2.09. The van der Waals surface area contributed by atoms with E-state index in [2.05, 4.69) is 0 Å². The second-order valence-electron chi connectivity index (χ2n) is 6.68. The van der Waals surface area contributed by atoms with Crippen molar-refractivity contribution in [3.63, 3.8) is 0 Å². The third-order valence-corrected chi connectivity index (χ3v) is 4.76. The number of esters is 1. The SMILES string of the molecule is COC(=O)c1cc(C2CCN(OC(=O)OC(C)(C)C)CC2)sc1N. The largest absolute Gasteiger partial charge is 0.528 e. The molecule has 0 unspecified atom stereocenters. The molecule has 0 bridgehead atoms. The van der Waals surface area contributed by atoms with Gasteiger partial charge in [0.2, 0.25) is 0 Å². The number of carbonyl (C=O) groups is 2. The third-order valence-electron chi connectivity index (χ3n) is 3.63. The van der Waals surface area contributed by atoms with Crippen LogP contribution in [-0.2, 0) is 14.3 Å². The number of hydrogen-bond acceptors (Lipinski definition) is 8. The second kappa shape index (κ2) is 7.40. The molecule has 1 saturated heterocycles. The van der Waals surface area contributed by atoms with Gasteiger partial charge in [-0.15, -0.1) is 16.4 Å². The van der Waals surface area contributed by atoms with Gasteiger partial charge in [0.25, 0.3) is 0 Å². The molecule has 0 aliphatic carbocycles. The average molecular weight is 356 g/mol. The van der Waals surface area contributed by atoms with Crippen LogP contribution >= 0.6 is 11.3 Å². The van der Waals surface area contributed by atoms with E-state index in [4.69, 9.17) is 20.0 Å². The van der Waals surface area contributed by atoms with Crippen LogP contribution in [0.5, 0.6) is 0 Å². The Kier molecular flexibility index (Phi) is 5.71. The smallest absolute Gasteiger partial charge is 0.465 e. The zero-order valence-electron chi connectivity index (χ0n) is 14.5. The van der Waals surface area contributed by atoms with Gasteiger partial charge < -0.3 is 20.0 Å². The van der Waals surface area contributed by atoms with Crippen molar-refractivity contribution in [2.75, 3.05) is 25.9 Å². The van der Waals surface area contributed by atoms with Crippen molar-refractivity contribution in [1.82, 2.24) is 5.06 Å². The van der Waals surface area contributed by atoms with Crippen LogP contribution in [0.4, 0.5) is 9.80 Å². The molecule has 0 aromatic carbocycles. The van der Waals surface area contributed by atoms with E-state index in [0.717, 1.165) is 17.7 Å². The number of piperidine rings is 1. The summed E-state index contributed by atoms with van der Waals surface area (Å²) < 4.78 is 9.87. The predicted molar refractivity (Wildman–Crippen MR) is 90.9 cm³/mol. The number of anilines is 1. The summed E-state index contributed by atoms with van der Waals surface area (Å²) in [5.41, 5.74) is 5.74. The van der Waals surface area contributed by atoms with Crippen LogP contribution in [-0.4, -0.2) is 43.0 Å². The van der Waals surface area contributed by atoms with E-state index >= 15 is 0 Å². The van der Waals surface area contributed by atoms with Gasteiger partial charge in [-0.1, -0.05) is 0 Å². The fraction of sp³-hybridized carbons (Fsp3) is 0.625. The van der Waals surface area contributed by atoms with Gasteiger partial charge in [0, 0.05) is 18.0 Å². The molecule has 1 aromatic heterocycles. The molecule has 1 aromatic rings. The van der Waals surface area contributed by atoms with Crippen molar-refractivity contribution < 1.29 is 23.9 Å². The Labute approximate surface area is 145 Å². The monoisotopic (exact) mass is 356 g/mol. The molecular weight excluding hydrogens is 332 g/mol. The van der Waals surface area contributed by atoms with Gasteiger partial charge in [-0.25, -0.2) is 9.59 Å². The molecule has 8 heteroatoms. The summed E-state index contributed by atoms with van der Waals surface area (Å²) in [5.74, 6) is -0.130. The van der Waals surface area contributed by atoms with Gasteiger partial charge in [-0.2, -0.15) is 0 Å². The summed E-state index contributed by atoms with van der Waals surface area (Å²) in [6.45, 7) is 6.59. The number of carbonyl (C=O) groups excluding carboxylic acids is 2. The average Bonchev–Trinajstić information content (AvgIpc) is 2.87. The standard InChI is InChI=1S/C16H24N2O5S/c1-16(2,3)22-15(20)23-18-7-5-10(6-8-18)12-9-11(13(17)24-12)14(19)21-4/h9-10H,5-8,17H2,1-4H3. The van der Waals surface area contributed by atoms with E-state index in [-0.39, 0.29) is 5.92 Å². The summed E-state index contributed by atoms with van der Waals surface area (Å²) in [4.78, 5) is 29.6. The lowest BCUT2D eigenvalue weighted by atomic mass is 9.96. The van der Waals surface area contributed by atoms with Crippen LogP contribution in [0.25, 0.3) is 0 Å². The van der Waals surface area contributed by atoms with Crippen LogP contribution in [0.1, 0.15) is 54.8 Å². The Morgan fingerprint density at radius 2 is 1.92 bits per heavy atom.